The van der Waals surface area contributed by atoms with Crippen LogP contribution in [0.1, 0.15) is 10.5 Å². The summed E-state index contributed by atoms with van der Waals surface area (Å²) in [4.78, 5) is 16.0. The number of halogens is 1. The lowest BCUT2D eigenvalue weighted by atomic mass is 10.3. The quantitative estimate of drug-likeness (QED) is 0.516. The van der Waals surface area contributed by atoms with Crippen molar-refractivity contribution in [1.82, 2.24) is 9.88 Å². The number of carbonyl (C=O) groups is 1. The number of amides is 1. The van der Waals surface area contributed by atoms with Gasteiger partial charge in [0, 0.05) is 7.05 Å². The molecule has 0 radical (unpaired) electrons. The lowest BCUT2D eigenvalue weighted by Gasteiger charge is -2.11. The molecular formula is C9H8FN3O. The van der Waals surface area contributed by atoms with Crippen molar-refractivity contribution in [1.29, 1.82) is 5.26 Å². The Balaban J connectivity index is 2.85. The molecule has 0 fully saturated rings. The summed E-state index contributed by atoms with van der Waals surface area (Å²) in [5.41, 5.74) is 0.00255. The fraction of sp³-hybridized carbons (Fsp3) is 0.222. The number of nitriles is 1. The van der Waals surface area contributed by atoms with E-state index in [-0.39, 0.29) is 12.2 Å². The van der Waals surface area contributed by atoms with Gasteiger partial charge in [0.25, 0.3) is 5.91 Å². The molecule has 5 heteroatoms. The maximum atomic E-state index is 12.6. The number of hydrogen-bond donors (Lipinski definition) is 0. The molecule has 1 amide bonds. The van der Waals surface area contributed by atoms with Crippen LogP contribution in [-0.2, 0) is 0 Å². The van der Waals surface area contributed by atoms with Crippen molar-refractivity contribution < 1.29 is 9.18 Å². The first-order chi connectivity index (χ1) is 6.65. The van der Waals surface area contributed by atoms with Crippen molar-refractivity contribution in [2.45, 2.75) is 0 Å². The number of hydrogen-bond acceptors (Lipinski definition) is 3. The Hall–Kier alpha value is -1.96. The lowest BCUT2D eigenvalue weighted by Crippen LogP contribution is -2.27. The zero-order chi connectivity index (χ0) is 10.6. The van der Waals surface area contributed by atoms with Gasteiger partial charge in [0.15, 0.2) is 0 Å². The fourth-order valence-electron chi connectivity index (χ4n) is 0.901. The van der Waals surface area contributed by atoms with Crippen LogP contribution in [0, 0.1) is 17.3 Å². The van der Waals surface area contributed by atoms with Crippen LogP contribution in [0.2, 0.25) is 0 Å². The smallest absolute Gasteiger partial charge is 0.273 e. The van der Waals surface area contributed by atoms with Crippen LogP contribution in [0.3, 0.4) is 0 Å². The van der Waals surface area contributed by atoms with E-state index in [1.165, 1.54) is 24.1 Å². The summed E-state index contributed by atoms with van der Waals surface area (Å²) in [5.74, 6) is -1.17. The van der Waals surface area contributed by atoms with E-state index in [4.69, 9.17) is 5.26 Å². The highest BCUT2D eigenvalue weighted by Crippen LogP contribution is 2.01. The van der Waals surface area contributed by atoms with E-state index in [9.17, 15) is 9.18 Å². The summed E-state index contributed by atoms with van der Waals surface area (Å²) < 4.78 is 12.6. The van der Waals surface area contributed by atoms with Crippen molar-refractivity contribution in [2.24, 2.45) is 0 Å². The molecule has 0 aliphatic carbocycles. The Morgan fingerprint density at radius 3 is 3.00 bits per heavy atom. The minimum atomic E-state index is -0.707. The molecular weight excluding hydrogens is 185 g/mol. The molecule has 0 N–H and O–H groups in total. The highest BCUT2D eigenvalue weighted by Gasteiger charge is 2.12. The van der Waals surface area contributed by atoms with Gasteiger partial charge in [-0.2, -0.15) is 9.65 Å². The average molecular weight is 193 g/mol. The number of carbonyl (C=O) groups excluding carboxylic acids is 1. The largest absolute Gasteiger partial charge is 0.327 e. The summed E-state index contributed by atoms with van der Waals surface area (Å²) in [6.07, 6.45) is 0. The van der Waals surface area contributed by atoms with E-state index in [2.05, 4.69) is 4.98 Å². The predicted octanol–water partition coefficient (Wildman–Crippen LogP) is 0.816. The van der Waals surface area contributed by atoms with Gasteiger partial charge >= 0.3 is 0 Å². The Morgan fingerprint density at radius 2 is 2.43 bits per heavy atom. The van der Waals surface area contributed by atoms with Crippen LogP contribution in [0.4, 0.5) is 4.39 Å². The molecule has 0 aromatic carbocycles. The van der Waals surface area contributed by atoms with Crippen LogP contribution in [0.5, 0.6) is 0 Å². The first-order valence-corrected chi connectivity index (χ1v) is 3.90. The molecule has 0 saturated heterocycles. The Labute approximate surface area is 80.6 Å². The summed E-state index contributed by atoms with van der Waals surface area (Å²) >= 11 is 0. The van der Waals surface area contributed by atoms with Gasteiger partial charge in [0.1, 0.15) is 12.2 Å². The van der Waals surface area contributed by atoms with Crippen molar-refractivity contribution in [3.05, 3.63) is 29.8 Å². The van der Waals surface area contributed by atoms with Gasteiger partial charge < -0.3 is 4.90 Å². The van der Waals surface area contributed by atoms with E-state index < -0.39 is 11.9 Å². The summed E-state index contributed by atoms with van der Waals surface area (Å²) in [7, 11) is 1.46. The molecule has 1 heterocycles. The Kier molecular flexibility index (Phi) is 3.13. The maximum absolute atomic E-state index is 12.6. The van der Waals surface area contributed by atoms with E-state index in [1.807, 2.05) is 6.07 Å². The van der Waals surface area contributed by atoms with Crippen LogP contribution in [0.25, 0.3) is 0 Å². The second-order valence-electron chi connectivity index (χ2n) is 2.66. The molecule has 0 spiro atoms. The summed E-state index contributed by atoms with van der Waals surface area (Å²) in [5, 5.41) is 8.35. The monoisotopic (exact) mass is 193 g/mol. The Morgan fingerprint density at radius 1 is 1.71 bits per heavy atom. The number of nitrogens with zero attached hydrogens (tertiary/aromatic N) is 3. The van der Waals surface area contributed by atoms with Gasteiger partial charge in [-0.3, -0.25) is 4.79 Å². The normalized spacial score (nSPS) is 9.21. The van der Waals surface area contributed by atoms with Gasteiger partial charge in [-0.15, -0.1) is 0 Å². The van der Waals surface area contributed by atoms with Crippen molar-refractivity contribution >= 4 is 5.91 Å². The topological polar surface area (TPSA) is 57.0 Å². The van der Waals surface area contributed by atoms with Gasteiger partial charge in [0.2, 0.25) is 5.95 Å². The molecule has 0 unspecified atom stereocenters. The maximum Gasteiger partial charge on any atom is 0.273 e. The molecule has 0 aliphatic heterocycles. The average Bonchev–Trinajstić information content (AvgIpc) is 2.17. The predicted molar refractivity (Wildman–Crippen MR) is 46.8 cm³/mol. The first kappa shape index (κ1) is 10.1. The molecule has 0 saturated carbocycles. The highest BCUT2D eigenvalue weighted by molar-refractivity contribution is 5.92. The second-order valence-corrected chi connectivity index (χ2v) is 2.66. The molecule has 72 valence electrons. The lowest BCUT2D eigenvalue weighted by molar-refractivity contribution is 0.0805. The standard InChI is InChI=1S/C9H8FN3O/c1-13(6-5-11)9(14)7-3-2-4-8(10)12-7/h2-4H,6H2,1H3. The zero-order valence-corrected chi connectivity index (χ0v) is 7.57. The van der Waals surface area contributed by atoms with E-state index >= 15 is 0 Å². The van der Waals surface area contributed by atoms with Crippen molar-refractivity contribution in [3.63, 3.8) is 0 Å². The van der Waals surface area contributed by atoms with Gasteiger partial charge in [0.05, 0.1) is 6.07 Å². The molecule has 1 aromatic rings. The number of pyridine rings is 1. The summed E-state index contributed by atoms with van der Waals surface area (Å²) in [6, 6.07) is 5.77. The molecule has 4 nitrogen and oxygen atoms in total. The van der Waals surface area contributed by atoms with Crippen LogP contribution >= 0.6 is 0 Å². The SMILES string of the molecule is CN(CC#N)C(=O)c1cccc(F)n1. The molecule has 0 aliphatic rings. The molecule has 1 rings (SSSR count). The van der Waals surface area contributed by atoms with Gasteiger partial charge in [-0.25, -0.2) is 4.98 Å². The summed E-state index contributed by atoms with van der Waals surface area (Å²) in [6.45, 7) is -0.0446. The van der Waals surface area contributed by atoms with Crippen molar-refractivity contribution in [3.8, 4) is 6.07 Å². The second kappa shape index (κ2) is 4.33. The molecule has 0 bridgehead atoms. The highest BCUT2D eigenvalue weighted by atomic mass is 19.1. The van der Waals surface area contributed by atoms with Crippen LogP contribution < -0.4 is 0 Å². The van der Waals surface area contributed by atoms with Crippen molar-refractivity contribution in [2.75, 3.05) is 13.6 Å². The zero-order valence-electron chi connectivity index (χ0n) is 7.57. The van der Waals surface area contributed by atoms with Gasteiger partial charge in [-0.05, 0) is 12.1 Å². The van der Waals surface area contributed by atoms with Gasteiger partial charge in [-0.1, -0.05) is 6.07 Å². The first-order valence-electron chi connectivity index (χ1n) is 3.90. The number of aromatic nitrogens is 1. The van der Waals surface area contributed by atoms with E-state index in [0.717, 1.165) is 6.07 Å². The van der Waals surface area contributed by atoms with Crippen LogP contribution in [-0.4, -0.2) is 29.4 Å². The number of rotatable bonds is 2. The minimum Gasteiger partial charge on any atom is -0.327 e. The Bertz CT molecular complexity index is 386. The third-order valence-corrected chi connectivity index (χ3v) is 1.59. The fourth-order valence-corrected chi connectivity index (χ4v) is 0.901. The third-order valence-electron chi connectivity index (χ3n) is 1.59. The molecule has 1 aromatic heterocycles. The van der Waals surface area contributed by atoms with Crippen LogP contribution in [0.15, 0.2) is 18.2 Å². The molecule has 0 atom stereocenters. The minimum absolute atomic E-state index is 0.00255. The van der Waals surface area contributed by atoms with E-state index in [1.54, 1.807) is 0 Å². The third kappa shape index (κ3) is 2.26. The van der Waals surface area contributed by atoms with E-state index in [0.29, 0.717) is 0 Å². The molecule has 14 heavy (non-hydrogen) atoms.